The fourth-order valence-electron chi connectivity index (χ4n) is 0.908. The van der Waals surface area contributed by atoms with Gasteiger partial charge in [-0.1, -0.05) is 4.49 Å². The summed E-state index contributed by atoms with van der Waals surface area (Å²) in [5, 5.41) is 14.9. The summed E-state index contributed by atoms with van der Waals surface area (Å²) in [7, 11) is 0. The summed E-state index contributed by atoms with van der Waals surface area (Å²) in [6.45, 7) is -0.205. The number of carbonyl (C=O) groups is 1. The van der Waals surface area contributed by atoms with Crippen molar-refractivity contribution in [1.82, 2.24) is 19.6 Å². The third kappa shape index (κ3) is 1.59. The number of hydrogen-bond acceptors (Lipinski definition) is 7. The second-order valence-electron chi connectivity index (χ2n) is 2.40. The highest BCUT2D eigenvalue weighted by molar-refractivity contribution is 7.12. The number of nitrogens with one attached hydrogen (secondary N) is 1. The Morgan fingerprint density at radius 3 is 3.21 bits per heavy atom. The van der Waals surface area contributed by atoms with Crippen LogP contribution in [0.2, 0.25) is 0 Å². The minimum absolute atomic E-state index is 0.205. The normalized spacial score (nSPS) is 10.3. The molecule has 0 atom stereocenters. The topological polar surface area (TPSA) is 101 Å². The number of anilines is 1. The van der Waals surface area contributed by atoms with Crippen molar-refractivity contribution in [2.75, 3.05) is 11.9 Å². The SMILES string of the molecule is O=C(O)CNc1ncnc2snnc12. The average molecular weight is 211 g/mol. The molecule has 0 unspecified atom stereocenters. The van der Waals surface area contributed by atoms with Crippen LogP contribution in [0.5, 0.6) is 0 Å². The first-order valence-electron chi connectivity index (χ1n) is 3.66. The van der Waals surface area contributed by atoms with Crippen molar-refractivity contribution in [2.24, 2.45) is 0 Å². The molecular formula is C6H5N5O2S. The van der Waals surface area contributed by atoms with E-state index >= 15 is 0 Å². The summed E-state index contributed by atoms with van der Waals surface area (Å²) in [5.41, 5.74) is 0.499. The third-order valence-electron chi connectivity index (χ3n) is 1.46. The van der Waals surface area contributed by atoms with E-state index in [-0.39, 0.29) is 6.54 Å². The van der Waals surface area contributed by atoms with Crippen molar-refractivity contribution >= 4 is 33.7 Å². The maximum Gasteiger partial charge on any atom is 0.322 e. The van der Waals surface area contributed by atoms with Gasteiger partial charge in [-0.3, -0.25) is 4.79 Å². The number of rotatable bonds is 3. The zero-order valence-electron chi connectivity index (χ0n) is 6.84. The first-order valence-corrected chi connectivity index (χ1v) is 4.43. The summed E-state index contributed by atoms with van der Waals surface area (Å²) in [6.07, 6.45) is 1.34. The van der Waals surface area contributed by atoms with Crippen molar-refractivity contribution in [2.45, 2.75) is 0 Å². The lowest BCUT2D eigenvalue weighted by molar-refractivity contribution is -0.134. The van der Waals surface area contributed by atoms with Crippen molar-refractivity contribution in [3.63, 3.8) is 0 Å². The molecule has 0 aliphatic rings. The molecule has 2 rings (SSSR count). The number of aliphatic carboxylic acids is 1. The Balaban J connectivity index is 2.32. The fourth-order valence-corrected chi connectivity index (χ4v) is 1.43. The number of aromatic nitrogens is 4. The van der Waals surface area contributed by atoms with Gasteiger partial charge in [0.15, 0.2) is 16.2 Å². The molecule has 0 fully saturated rings. The minimum atomic E-state index is -0.958. The molecule has 7 nitrogen and oxygen atoms in total. The number of carboxylic acid groups (broad SMARTS) is 1. The van der Waals surface area contributed by atoms with Crippen LogP contribution in [0.25, 0.3) is 10.3 Å². The van der Waals surface area contributed by atoms with Gasteiger partial charge in [-0.2, -0.15) is 0 Å². The Bertz CT molecular complexity index is 470. The van der Waals surface area contributed by atoms with Crippen LogP contribution < -0.4 is 5.32 Å². The Kier molecular flexibility index (Phi) is 2.19. The highest BCUT2D eigenvalue weighted by Crippen LogP contribution is 2.17. The molecule has 2 aromatic heterocycles. The predicted octanol–water partition coefficient (Wildman–Crippen LogP) is -0.0222. The summed E-state index contributed by atoms with van der Waals surface area (Å²) >= 11 is 1.14. The van der Waals surface area contributed by atoms with Gasteiger partial charge < -0.3 is 10.4 Å². The minimum Gasteiger partial charge on any atom is -0.480 e. The van der Waals surface area contributed by atoms with Crippen LogP contribution in [0.15, 0.2) is 6.33 Å². The molecule has 0 amide bonds. The number of fused-ring (bicyclic) bond motifs is 1. The quantitative estimate of drug-likeness (QED) is 0.735. The molecule has 14 heavy (non-hydrogen) atoms. The molecule has 2 aromatic rings. The fraction of sp³-hybridized carbons (Fsp3) is 0.167. The Morgan fingerprint density at radius 1 is 1.57 bits per heavy atom. The van der Waals surface area contributed by atoms with Gasteiger partial charge in [-0.15, -0.1) is 5.10 Å². The molecule has 2 N–H and O–H groups in total. The highest BCUT2D eigenvalue weighted by atomic mass is 32.1. The van der Waals surface area contributed by atoms with E-state index in [0.717, 1.165) is 11.5 Å². The van der Waals surface area contributed by atoms with E-state index in [2.05, 4.69) is 24.9 Å². The van der Waals surface area contributed by atoms with Gasteiger partial charge in [0.1, 0.15) is 12.9 Å². The maximum atomic E-state index is 10.3. The molecule has 0 aliphatic heterocycles. The van der Waals surface area contributed by atoms with Crippen LogP contribution >= 0.6 is 11.5 Å². The molecule has 0 saturated heterocycles. The summed E-state index contributed by atoms with van der Waals surface area (Å²) in [4.78, 5) is 18.7. The van der Waals surface area contributed by atoms with E-state index in [4.69, 9.17) is 5.11 Å². The average Bonchev–Trinajstić information content (AvgIpc) is 2.62. The van der Waals surface area contributed by atoms with Gasteiger partial charge in [-0.25, -0.2) is 9.97 Å². The molecule has 8 heteroatoms. The number of nitrogens with zero attached hydrogens (tertiary/aromatic N) is 4. The van der Waals surface area contributed by atoms with E-state index in [9.17, 15) is 4.79 Å². The Hall–Kier alpha value is -1.83. The lowest BCUT2D eigenvalue weighted by Crippen LogP contribution is -2.13. The molecule has 0 saturated carbocycles. The van der Waals surface area contributed by atoms with Crippen LogP contribution in [0, 0.1) is 0 Å². The van der Waals surface area contributed by atoms with Gasteiger partial charge in [-0.05, 0) is 0 Å². The van der Waals surface area contributed by atoms with E-state index in [0.29, 0.717) is 16.2 Å². The van der Waals surface area contributed by atoms with Crippen LogP contribution in [0.3, 0.4) is 0 Å². The molecule has 0 bridgehead atoms. The van der Waals surface area contributed by atoms with Gasteiger partial charge in [0.2, 0.25) is 0 Å². The Labute approximate surface area is 82.0 Å². The second-order valence-corrected chi connectivity index (χ2v) is 3.13. The second kappa shape index (κ2) is 3.50. The zero-order chi connectivity index (χ0) is 9.97. The van der Waals surface area contributed by atoms with Crippen molar-refractivity contribution in [1.29, 1.82) is 0 Å². The molecule has 0 aromatic carbocycles. The number of carboxylic acids is 1. The van der Waals surface area contributed by atoms with Crippen molar-refractivity contribution < 1.29 is 9.90 Å². The monoisotopic (exact) mass is 211 g/mol. The van der Waals surface area contributed by atoms with Gasteiger partial charge in [0.05, 0.1) is 0 Å². The highest BCUT2D eigenvalue weighted by Gasteiger charge is 2.07. The number of hydrogen-bond donors (Lipinski definition) is 2. The lowest BCUT2D eigenvalue weighted by Gasteiger charge is -2.00. The molecule has 0 aliphatic carbocycles. The van der Waals surface area contributed by atoms with E-state index in [1.54, 1.807) is 0 Å². The largest absolute Gasteiger partial charge is 0.480 e. The smallest absolute Gasteiger partial charge is 0.322 e. The molecule has 0 radical (unpaired) electrons. The van der Waals surface area contributed by atoms with Gasteiger partial charge in [0.25, 0.3) is 0 Å². The zero-order valence-corrected chi connectivity index (χ0v) is 7.65. The Morgan fingerprint density at radius 2 is 2.43 bits per heavy atom. The lowest BCUT2D eigenvalue weighted by atomic mass is 10.5. The summed E-state index contributed by atoms with van der Waals surface area (Å²) in [6, 6.07) is 0. The third-order valence-corrected chi connectivity index (χ3v) is 2.10. The van der Waals surface area contributed by atoms with E-state index in [1.807, 2.05) is 0 Å². The molecule has 72 valence electrons. The van der Waals surface area contributed by atoms with Crippen LogP contribution in [0.1, 0.15) is 0 Å². The molecular weight excluding hydrogens is 206 g/mol. The first kappa shape index (κ1) is 8.75. The van der Waals surface area contributed by atoms with Gasteiger partial charge in [0, 0.05) is 11.5 Å². The van der Waals surface area contributed by atoms with Crippen molar-refractivity contribution in [3.8, 4) is 0 Å². The summed E-state index contributed by atoms with van der Waals surface area (Å²) in [5.74, 6) is -0.564. The van der Waals surface area contributed by atoms with Crippen molar-refractivity contribution in [3.05, 3.63) is 6.33 Å². The van der Waals surface area contributed by atoms with Gasteiger partial charge >= 0.3 is 5.97 Å². The van der Waals surface area contributed by atoms with Crippen LogP contribution in [-0.4, -0.2) is 37.2 Å². The first-order chi connectivity index (χ1) is 6.77. The summed E-state index contributed by atoms with van der Waals surface area (Å²) < 4.78 is 3.69. The standard InChI is InChI=1S/C6H5N5O2S/c12-3(13)1-7-5-4-6(9-2-8-5)14-11-10-4/h2H,1H2,(H,12,13)(H,7,8,9). The molecule has 0 spiro atoms. The van der Waals surface area contributed by atoms with Crippen LogP contribution in [-0.2, 0) is 4.79 Å². The van der Waals surface area contributed by atoms with E-state index in [1.165, 1.54) is 6.33 Å². The van der Waals surface area contributed by atoms with E-state index < -0.39 is 5.97 Å². The maximum absolute atomic E-state index is 10.3. The predicted molar refractivity (Wildman–Crippen MR) is 49.1 cm³/mol. The van der Waals surface area contributed by atoms with Crippen LogP contribution in [0.4, 0.5) is 5.82 Å². The molecule has 2 heterocycles.